The molecule has 0 aromatic heterocycles. The second-order valence-electron chi connectivity index (χ2n) is 4.43. The van der Waals surface area contributed by atoms with Crippen LogP contribution >= 0.6 is 39.3 Å². The molecule has 0 bridgehead atoms. The van der Waals surface area contributed by atoms with Crippen molar-refractivity contribution in [1.29, 1.82) is 0 Å². The zero-order valence-corrected chi connectivity index (χ0v) is 14.8. The summed E-state index contributed by atoms with van der Waals surface area (Å²) in [4.78, 5) is 11.7. The molecule has 2 aromatic carbocycles. The number of carbonyl (C=O) groups excluding carboxylic acids is 1. The highest BCUT2D eigenvalue weighted by atomic mass is 79.9. The lowest BCUT2D eigenvalue weighted by Crippen LogP contribution is -2.19. The first-order chi connectivity index (χ1) is 10.6. The molecule has 0 spiro atoms. The van der Waals surface area contributed by atoms with Gasteiger partial charge in [-0.25, -0.2) is 5.43 Å². The Morgan fingerprint density at radius 3 is 2.68 bits per heavy atom. The standard InChI is InChI=1S/C16H14BrClN2OS/c17-15-4-2-1-3-13(15)10-22-11-16(21)20-19-9-12-5-7-14(18)8-6-12/h1-9H,10-11H2,(H,20,21)/b19-9-. The highest BCUT2D eigenvalue weighted by Crippen LogP contribution is 2.21. The van der Waals surface area contributed by atoms with Gasteiger partial charge in [0.05, 0.1) is 12.0 Å². The van der Waals surface area contributed by atoms with Gasteiger partial charge in [-0.15, -0.1) is 11.8 Å². The van der Waals surface area contributed by atoms with Crippen LogP contribution in [0.1, 0.15) is 11.1 Å². The molecular weight excluding hydrogens is 384 g/mol. The highest BCUT2D eigenvalue weighted by Gasteiger charge is 2.02. The smallest absolute Gasteiger partial charge is 0.250 e. The van der Waals surface area contributed by atoms with Crippen molar-refractivity contribution < 1.29 is 4.79 Å². The average molecular weight is 398 g/mol. The zero-order valence-electron chi connectivity index (χ0n) is 11.6. The summed E-state index contributed by atoms with van der Waals surface area (Å²) in [7, 11) is 0. The summed E-state index contributed by atoms with van der Waals surface area (Å²) >= 11 is 10.8. The van der Waals surface area contributed by atoms with Gasteiger partial charge < -0.3 is 0 Å². The number of hydrogen-bond acceptors (Lipinski definition) is 3. The van der Waals surface area contributed by atoms with Crippen molar-refractivity contribution in [3.63, 3.8) is 0 Å². The lowest BCUT2D eigenvalue weighted by Gasteiger charge is -2.03. The number of amides is 1. The fraction of sp³-hybridized carbons (Fsp3) is 0.125. The van der Waals surface area contributed by atoms with Gasteiger partial charge in [0.2, 0.25) is 5.91 Å². The molecule has 6 heteroatoms. The first-order valence-corrected chi connectivity index (χ1v) is 8.86. The summed E-state index contributed by atoms with van der Waals surface area (Å²) in [5.41, 5.74) is 4.56. The number of nitrogens with zero attached hydrogens (tertiary/aromatic N) is 1. The monoisotopic (exact) mass is 396 g/mol. The average Bonchev–Trinajstić information content (AvgIpc) is 2.51. The van der Waals surface area contributed by atoms with Crippen molar-refractivity contribution in [3.05, 3.63) is 69.2 Å². The number of halogens is 2. The molecule has 0 radical (unpaired) electrons. The van der Waals surface area contributed by atoms with Gasteiger partial charge in [0.25, 0.3) is 0 Å². The maximum absolute atomic E-state index is 11.7. The first-order valence-electron chi connectivity index (χ1n) is 6.54. The van der Waals surface area contributed by atoms with E-state index in [-0.39, 0.29) is 5.91 Å². The molecule has 114 valence electrons. The quantitative estimate of drug-likeness (QED) is 0.576. The summed E-state index contributed by atoms with van der Waals surface area (Å²) in [5, 5.41) is 4.60. The van der Waals surface area contributed by atoms with Gasteiger partial charge >= 0.3 is 0 Å². The minimum absolute atomic E-state index is 0.123. The molecule has 2 rings (SSSR count). The minimum atomic E-state index is -0.123. The van der Waals surface area contributed by atoms with Gasteiger partial charge in [-0.1, -0.05) is 57.9 Å². The largest absolute Gasteiger partial charge is 0.272 e. The van der Waals surface area contributed by atoms with E-state index < -0.39 is 0 Å². The van der Waals surface area contributed by atoms with Crippen molar-refractivity contribution in [1.82, 2.24) is 5.43 Å². The van der Waals surface area contributed by atoms with E-state index in [2.05, 4.69) is 26.5 Å². The van der Waals surface area contributed by atoms with E-state index in [0.717, 1.165) is 15.8 Å². The Kier molecular flexibility index (Phi) is 6.96. The van der Waals surface area contributed by atoms with Crippen molar-refractivity contribution in [2.45, 2.75) is 5.75 Å². The summed E-state index contributed by atoms with van der Waals surface area (Å²) in [6.45, 7) is 0. The molecule has 0 fully saturated rings. The summed E-state index contributed by atoms with van der Waals surface area (Å²) in [6.07, 6.45) is 1.59. The number of hydrogen-bond donors (Lipinski definition) is 1. The summed E-state index contributed by atoms with van der Waals surface area (Å²) < 4.78 is 1.06. The number of nitrogens with one attached hydrogen (secondary N) is 1. The van der Waals surface area contributed by atoms with Gasteiger partial charge in [-0.05, 0) is 29.3 Å². The second kappa shape index (κ2) is 8.98. The van der Waals surface area contributed by atoms with Crippen molar-refractivity contribution in [2.75, 3.05) is 5.75 Å². The maximum Gasteiger partial charge on any atom is 0.250 e. The van der Waals surface area contributed by atoms with Crippen LogP contribution in [0.15, 0.2) is 58.1 Å². The molecule has 2 aromatic rings. The lowest BCUT2D eigenvalue weighted by atomic mass is 10.2. The molecule has 0 saturated heterocycles. The fourth-order valence-electron chi connectivity index (χ4n) is 1.63. The van der Waals surface area contributed by atoms with E-state index in [4.69, 9.17) is 11.6 Å². The van der Waals surface area contributed by atoms with E-state index in [9.17, 15) is 4.79 Å². The maximum atomic E-state index is 11.7. The molecule has 0 unspecified atom stereocenters. The molecule has 0 saturated carbocycles. The van der Waals surface area contributed by atoms with Crippen molar-refractivity contribution >= 4 is 51.4 Å². The van der Waals surface area contributed by atoms with Gasteiger partial charge in [0.1, 0.15) is 0 Å². The van der Waals surface area contributed by atoms with Crippen LogP contribution in [0.25, 0.3) is 0 Å². The molecule has 1 N–H and O–H groups in total. The molecule has 0 aliphatic rings. The third-order valence-corrected chi connectivity index (χ3v) is 4.73. The van der Waals surface area contributed by atoms with Crippen LogP contribution in [-0.2, 0) is 10.5 Å². The van der Waals surface area contributed by atoms with Crippen LogP contribution in [0.5, 0.6) is 0 Å². The Morgan fingerprint density at radius 1 is 1.23 bits per heavy atom. The topological polar surface area (TPSA) is 41.5 Å². The van der Waals surface area contributed by atoms with Crippen LogP contribution in [0.4, 0.5) is 0 Å². The Labute approximate surface area is 147 Å². The Hall–Kier alpha value is -1.30. The molecule has 0 heterocycles. The van der Waals surface area contributed by atoms with Crippen molar-refractivity contribution in [2.24, 2.45) is 5.10 Å². The number of hydrazone groups is 1. The SMILES string of the molecule is O=C(CSCc1ccccc1Br)N/N=C\c1ccc(Cl)cc1. The fourth-order valence-corrected chi connectivity index (χ4v) is 3.19. The minimum Gasteiger partial charge on any atom is -0.272 e. The molecule has 1 amide bonds. The zero-order chi connectivity index (χ0) is 15.8. The van der Waals surface area contributed by atoms with E-state index in [1.165, 1.54) is 5.56 Å². The van der Waals surface area contributed by atoms with Crippen LogP contribution in [0, 0.1) is 0 Å². The summed E-state index contributed by atoms with van der Waals surface area (Å²) in [5.74, 6) is 1.01. The van der Waals surface area contributed by atoms with E-state index in [0.29, 0.717) is 10.8 Å². The predicted octanol–water partition coefficient (Wildman–Crippen LogP) is 4.49. The Balaban J connectivity index is 1.72. The van der Waals surface area contributed by atoms with Crippen LogP contribution in [0.2, 0.25) is 5.02 Å². The molecule has 0 aliphatic carbocycles. The summed E-state index contributed by atoms with van der Waals surface area (Å²) in [6, 6.07) is 15.2. The van der Waals surface area contributed by atoms with Crippen LogP contribution in [-0.4, -0.2) is 17.9 Å². The lowest BCUT2D eigenvalue weighted by molar-refractivity contribution is -0.118. The highest BCUT2D eigenvalue weighted by molar-refractivity contribution is 9.10. The molecule has 22 heavy (non-hydrogen) atoms. The molecule has 0 aliphatic heterocycles. The number of benzene rings is 2. The van der Waals surface area contributed by atoms with E-state index in [1.54, 1.807) is 30.1 Å². The first kappa shape index (κ1) is 17.1. The van der Waals surface area contributed by atoms with Crippen LogP contribution < -0.4 is 5.43 Å². The number of thioether (sulfide) groups is 1. The predicted molar refractivity (Wildman–Crippen MR) is 97.5 cm³/mol. The molecule has 3 nitrogen and oxygen atoms in total. The van der Waals surface area contributed by atoms with Crippen molar-refractivity contribution in [3.8, 4) is 0 Å². The number of rotatable bonds is 6. The molecule has 0 atom stereocenters. The molecular formula is C16H14BrClN2OS. The van der Waals surface area contributed by atoms with E-state index in [1.807, 2.05) is 36.4 Å². The third-order valence-electron chi connectivity index (χ3n) is 2.72. The third kappa shape index (κ3) is 5.83. The van der Waals surface area contributed by atoms with E-state index >= 15 is 0 Å². The normalized spacial score (nSPS) is 10.8. The van der Waals surface area contributed by atoms with Crippen LogP contribution in [0.3, 0.4) is 0 Å². The van der Waals surface area contributed by atoms with Gasteiger partial charge in [0, 0.05) is 15.2 Å². The Bertz CT molecular complexity index is 661. The number of carbonyl (C=O) groups is 1. The van der Waals surface area contributed by atoms with Gasteiger partial charge in [-0.2, -0.15) is 5.10 Å². The second-order valence-corrected chi connectivity index (χ2v) is 6.71. The Morgan fingerprint density at radius 2 is 1.95 bits per heavy atom. The van der Waals surface area contributed by atoms with Gasteiger partial charge in [0.15, 0.2) is 0 Å². The van der Waals surface area contributed by atoms with Gasteiger partial charge in [-0.3, -0.25) is 4.79 Å².